The molecule has 1 aromatic heterocycles. The topological polar surface area (TPSA) is 48.1 Å². The zero-order chi connectivity index (χ0) is 12.4. The largest absolute Gasteiger partial charge is 0.399 e. The van der Waals surface area contributed by atoms with Crippen LogP contribution in [0.15, 0.2) is 22.5 Å². The molecule has 1 aliphatic rings. The van der Waals surface area contributed by atoms with Crippen molar-refractivity contribution in [3.05, 3.63) is 18.2 Å². The van der Waals surface area contributed by atoms with E-state index in [1.807, 2.05) is 18.2 Å². The Labute approximate surface area is 115 Å². The summed E-state index contributed by atoms with van der Waals surface area (Å²) in [5.74, 6) is 1.01. The summed E-state index contributed by atoms with van der Waals surface area (Å²) in [7, 11) is 0. The highest BCUT2D eigenvalue weighted by Crippen LogP contribution is 2.32. The molecule has 0 saturated carbocycles. The van der Waals surface area contributed by atoms with Gasteiger partial charge < -0.3 is 10.5 Å². The van der Waals surface area contributed by atoms with Crippen LogP contribution < -0.4 is 5.73 Å². The van der Waals surface area contributed by atoms with E-state index in [0.717, 1.165) is 27.9 Å². The number of thioether (sulfide) groups is 1. The monoisotopic (exact) mass is 280 g/mol. The van der Waals surface area contributed by atoms with E-state index in [-0.39, 0.29) is 0 Å². The van der Waals surface area contributed by atoms with Crippen LogP contribution >= 0.6 is 23.1 Å². The Bertz CT molecular complexity index is 535. The summed E-state index contributed by atoms with van der Waals surface area (Å²) in [6, 6.07) is 5.89. The Balaban J connectivity index is 1.67. The molecule has 1 fully saturated rings. The van der Waals surface area contributed by atoms with Crippen molar-refractivity contribution in [2.24, 2.45) is 0 Å². The van der Waals surface area contributed by atoms with Crippen LogP contribution in [0.5, 0.6) is 0 Å². The van der Waals surface area contributed by atoms with E-state index >= 15 is 0 Å². The summed E-state index contributed by atoms with van der Waals surface area (Å²) in [5, 5.41) is 0. The van der Waals surface area contributed by atoms with Crippen LogP contribution in [0.25, 0.3) is 10.2 Å². The standard InChI is InChI=1S/C13H16N2OS2/c14-9-4-5-11-12(7-9)18-13(15-11)17-8-10-3-1-2-6-16-10/h4-5,7,10H,1-3,6,8,14H2. The molecule has 3 rings (SSSR count). The van der Waals surface area contributed by atoms with Gasteiger partial charge in [-0.25, -0.2) is 4.98 Å². The summed E-state index contributed by atoms with van der Waals surface area (Å²) in [6.45, 7) is 0.918. The number of benzene rings is 1. The van der Waals surface area contributed by atoms with Crippen LogP contribution in [-0.4, -0.2) is 23.4 Å². The number of fused-ring (bicyclic) bond motifs is 1. The van der Waals surface area contributed by atoms with E-state index in [9.17, 15) is 0 Å². The van der Waals surface area contributed by atoms with E-state index in [4.69, 9.17) is 10.5 Å². The van der Waals surface area contributed by atoms with Gasteiger partial charge in [-0.05, 0) is 37.5 Å². The van der Waals surface area contributed by atoms with E-state index < -0.39 is 0 Å². The number of ether oxygens (including phenoxy) is 1. The van der Waals surface area contributed by atoms with Crippen molar-refractivity contribution >= 4 is 39.0 Å². The SMILES string of the molecule is Nc1ccc2nc(SCC3CCCCO3)sc2c1. The van der Waals surface area contributed by atoms with Crippen molar-refractivity contribution in [1.82, 2.24) is 4.98 Å². The normalized spacial score (nSPS) is 20.3. The smallest absolute Gasteiger partial charge is 0.151 e. The van der Waals surface area contributed by atoms with E-state index in [1.54, 1.807) is 23.1 Å². The van der Waals surface area contributed by atoms with Gasteiger partial charge in [0.25, 0.3) is 0 Å². The fourth-order valence-electron chi connectivity index (χ4n) is 2.08. The Kier molecular flexibility index (Phi) is 3.72. The molecular formula is C13H16N2OS2. The summed E-state index contributed by atoms with van der Waals surface area (Å²) >= 11 is 3.52. The number of anilines is 1. The predicted octanol–water partition coefficient (Wildman–Crippen LogP) is 3.54. The van der Waals surface area contributed by atoms with Crippen molar-refractivity contribution in [1.29, 1.82) is 0 Å². The maximum absolute atomic E-state index is 5.78. The van der Waals surface area contributed by atoms with Gasteiger partial charge >= 0.3 is 0 Å². The summed E-state index contributed by atoms with van der Waals surface area (Å²) in [6.07, 6.45) is 4.09. The quantitative estimate of drug-likeness (QED) is 0.690. The number of aromatic nitrogens is 1. The van der Waals surface area contributed by atoms with Gasteiger partial charge in [0, 0.05) is 18.0 Å². The second-order valence-electron chi connectivity index (χ2n) is 4.51. The molecule has 0 bridgehead atoms. The first-order valence-corrected chi connectivity index (χ1v) is 8.02. The van der Waals surface area contributed by atoms with E-state index in [0.29, 0.717) is 6.10 Å². The molecule has 5 heteroatoms. The van der Waals surface area contributed by atoms with E-state index in [1.165, 1.54) is 24.0 Å². The lowest BCUT2D eigenvalue weighted by atomic mass is 10.1. The first kappa shape index (κ1) is 12.3. The number of hydrogen-bond acceptors (Lipinski definition) is 5. The minimum atomic E-state index is 0.404. The Morgan fingerprint density at radius 3 is 3.22 bits per heavy atom. The van der Waals surface area contributed by atoms with Crippen molar-refractivity contribution in [2.45, 2.75) is 29.7 Å². The van der Waals surface area contributed by atoms with Crippen molar-refractivity contribution in [3.63, 3.8) is 0 Å². The molecule has 0 amide bonds. The van der Waals surface area contributed by atoms with Crippen LogP contribution in [0.4, 0.5) is 5.69 Å². The summed E-state index contributed by atoms with van der Waals surface area (Å²) in [4.78, 5) is 4.61. The second kappa shape index (κ2) is 5.47. The van der Waals surface area contributed by atoms with Crippen LogP contribution in [0.1, 0.15) is 19.3 Å². The van der Waals surface area contributed by atoms with Gasteiger partial charge in [-0.15, -0.1) is 11.3 Å². The highest BCUT2D eigenvalue weighted by molar-refractivity contribution is 8.01. The van der Waals surface area contributed by atoms with Crippen LogP contribution in [0.3, 0.4) is 0 Å². The van der Waals surface area contributed by atoms with Gasteiger partial charge in [-0.1, -0.05) is 11.8 Å². The third-order valence-electron chi connectivity index (χ3n) is 3.06. The van der Waals surface area contributed by atoms with Crippen molar-refractivity contribution in [2.75, 3.05) is 18.1 Å². The number of nitrogen functional groups attached to an aromatic ring is 1. The second-order valence-corrected chi connectivity index (χ2v) is 6.80. The maximum atomic E-state index is 5.78. The third kappa shape index (κ3) is 2.79. The number of hydrogen-bond donors (Lipinski definition) is 1. The number of nitrogens with two attached hydrogens (primary N) is 1. The molecule has 2 aromatic rings. The molecule has 2 N–H and O–H groups in total. The fourth-order valence-corrected chi connectivity index (χ4v) is 4.29. The molecule has 1 atom stereocenters. The lowest BCUT2D eigenvalue weighted by Crippen LogP contribution is -2.21. The first-order chi connectivity index (χ1) is 8.81. The molecule has 1 aromatic carbocycles. The van der Waals surface area contributed by atoms with E-state index in [2.05, 4.69) is 4.98 Å². The first-order valence-electron chi connectivity index (χ1n) is 6.22. The molecule has 1 aliphatic heterocycles. The molecule has 18 heavy (non-hydrogen) atoms. The van der Waals surface area contributed by atoms with Crippen LogP contribution in [0, 0.1) is 0 Å². The lowest BCUT2D eigenvalue weighted by Gasteiger charge is -2.21. The van der Waals surface area contributed by atoms with Crippen LogP contribution in [-0.2, 0) is 4.74 Å². The van der Waals surface area contributed by atoms with Gasteiger partial charge in [0.2, 0.25) is 0 Å². The molecule has 96 valence electrons. The molecule has 1 unspecified atom stereocenters. The fraction of sp³-hybridized carbons (Fsp3) is 0.462. The van der Waals surface area contributed by atoms with Crippen molar-refractivity contribution < 1.29 is 4.74 Å². The number of thiazole rings is 1. The molecule has 1 saturated heterocycles. The Morgan fingerprint density at radius 1 is 1.44 bits per heavy atom. The molecule has 3 nitrogen and oxygen atoms in total. The van der Waals surface area contributed by atoms with Crippen molar-refractivity contribution in [3.8, 4) is 0 Å². The zero-order valence-corrected chi connectivity index (χ0v) is 11.7. The van der Waals surface area contributed by atoms with Crippen LogP contribution in [0.2, 0.25) is 0 Å². The average molecular weight is 280 g/mol. The van der Waals surface area contributed by atoms with Gasteiger partial charge in [0.05, 0.1) is 16.3 Å². The van der Waals surface area contributed by atoms with Gasteiger partial charge in [0.1, 0.15) is 0 Å². The predicted molar refractivity (Wildman–Crippen MR) is 78.3 cm³/mol. The minimum Gasteiger partial charge on any atom is -0.399 e. The molecule has 0 spiro atoms. The maximum Gasteiger partial charge on any atom is 0.151 e. The van der Waals surface area contributed by atoms with Gasteiger partial charge in [-0.3, -0.25) is 0 Å². The zero-order valence-electron chi connectivity index (χ0n) is 10.1. The molecule has 0 radical (unpaired) electrons. The highest BCUT2D eigenvalue weighted by atomic mass is 32.2. The summed E-state index contributed by atoms with van der Waals surface area (Å²) in [5.41, 5.74) is 7.62. The highest BCUT2D eigenvalue weighted by Gasteiger charge is 2.15. The minimum absolute atomic E-state index is 0.404. The summed E-state index contributed by atoms with van der Waals surface area (Å²) < 4.78 is 8.01. The molecule has 2 heterocycles. The Morgan fingerprint density at radius 2 is 2.39 bits per heavy atom. The third-order valence-corrected chi connectivity index (χ3v) is 5.35. The molecular weight excluding hydrogens is 264 g/mol. The van der Waals surface area contributed by atoms with Gasteiger partial charge in [-0.2, -0.15) is 0 Å². The molecule has 0 aliphatic carbocycles. The Hall–Kier alpha value is -0.780. The lowest BCUT2D eigenvalue weighted by molar-refractivity contribution is 0.0315. The van der Waals surface area contributed by atoms with Gasteiger partial charge in [0.15, 0.2) is 4.34 Å². The number of nitrogens with zero attached hydrogens (tertiary/aromatic N) is 1. The number of rotatable bonds is 3. The average Bonchev–Trinajstić information content (AvgIpc) is 2.79.